The van der Waals surface area contributed by atoms with E-state index < -0.39 is 0 Å². The number of nitrogens with zero attached hydrogens (tertiary/aromatic N) is 6. The van der Waals surface area contributed by atoms with Crippen LogP contribution in [0.4, 0.5) is 5.82 Å². The predicted octanol–water partition coefficient (Wildman–Crippen LogP) is 4.36. The Morgan fingerprint density at radius 1 is 1.06 bits per heavy atom. The van der Waals surface area contributed by atoms with Crippen molar-refractivity contribution in [2.24, 2.45) is 0 Å². The molecule has 35 heavy (non-hydrogen) atoms. The number of hydrogen-bond acceptors (Lipinski definition) is 10. The molecule has 3 aromatic heterocycles. The first-order valence-electron chi connectivity index (χ1n) is 11.4. The molecule has 3 heterocycles. The monoisotopic (exact) mass is 493 g/mol. The number of imidazole rings is 1. The van der Waals surface area contributed by atoms with Gasteiger partial charge in [-0.15, -0.1) is 0 Å². The molecule has 0 atom stereocenters. The highest BCUT2D eigenvalue weighted by Crippen LogP contribution is 2.38. The minimum absolute atomic E-state index is 0.475. The molecule has 182 valence electrons. The lowest BCUT2D eigenvalue weighted by Gasteiger charge is -2.17. The van der Waals surface area contributed by atoms with Gasteiger partial charge in [-0.1, -0.05) is 12.1 Å². The van der Waals surface area contributed by atoms with Gasteiger partial charge in [0.1, 0.15) is 22.9 Å². The third kappa shape index (κ3) is 4.69. The summed E-state index contributed by atoms with van der Waals surface area (Å²) in [5, 5.41) is 0. The molecule has 0 saturated heterocycles. The fourth-order valence-corrected chi connectivity index (χ4v) is 4.43. The maximum Gasteiger partial charge on any atom is 0.213 e. The van der Waals surface area contributed by atoms with Crippen LogP contribution in [0.3, 0.4) is 0 Å². The van der Waals surface area contributed by atoms with Crippen molar-refractivity contribution >= 4 is 29.2 Å². The third-order valence-electron chi connectivity index (χ3n) is 5.60. The fraction of sp³-hybridized carbons (Fsp3) is 0.333. The molecule has 1 N–H and O–H groups in total. The molecule has 0 radical (unpaired) electrons. The van der Waals surface area contributed by atoms with Crippen molar-refractivity contribution in [2.45, 2.75) is 25.8 Å². The Labute approximate surface area is 207 Å². The van der Waals surface area contributed by atoms with Gasteiger partial charge in [0.15, 0.2) is 22.9 Å². The molecule has 10 nitrogen and oxygen atoms in total. The zero-order valence-corrected chi connectivity index (χ0v) is 20.9. The number of pyridine rings is 1. The summed E-state index contributed by atoms with van der Waals surface area (Å²) in [7, 11) is 5.31. The van der Waals surface area contributed by atoms with Crippen molar-refractivity contribution in [3.63, 3.8) is 0 Å². The molecule has 4 aromatic rings. The topological polar surface area (TPSA) is 99.5 Å². The number of methoxy groups -OCH3 is 2. The van der Waals surface area contributed by atoms with E-state index in [0.29, 0.717) is 64.3 Å². The number of nitrogens with one attached hydrogen (secondary N) is 1. The van der Waals surface area contributed by atoms with E-state index in [1.807, 2.05) is 47.9 Å². The maximum absolute atomic E-state index is 5.71. The number of para-hydroxylation sites is 1. The Balaban J connectivity index is 1.68. The second-order valence-electron chi connectivity index (χ2n) is 7.95. The van der Waals surface area contributed by atoms with Crippen molar-refractivity contribution in [1.29, 1.82) is 0 Å². The maximum atomic E-state index is 5.71. The Morgan fingerprint density at radius 2 is 1.80 bits per heavy atom. The highest BCUT2D eigenvalue weighted by molar-refractivity contribution is 7.98. The van der Waals surface area contributed by atoms with Crippen LogP contribution in [0.2, 0.25) is 0 Å². The molecule has 0 spiro atoms. The summed E-state index contributed by atoms with van der Waals surface area (Å²) in [6.45, 7) is 2.43. The number of fused-ring (bicyclic) bond motifs is 1. The zero-order chi connectivity index (χ0) is 24.4. The third-order valence-corrected chi connectivity index (χ3v) is 6.48. The second kappa shape index (κ2) is 9.96. The van der Waals surface area contributed by atoms with E-state index in [1.165, 1.54) is 25.0 Å². The van der Waals surface area contributed by atoms with Crippen LogP contribution in [0.5, 0.6) is 17.4 Å². The van der Waals surface area contributed by atoms with Gasteiger partial charge in [-0.05, 0) is 45.0 Å². The van der Waals surface area contributed by atoms with Gasteiger partial charge >= 0.3 is 0 Å². The zero-order valence-electron chi connectivity index (χ0n) is 20.1. The molecule has 1 aromatic carbocycles. The fourth-order valence-electron chi connectivity index (χ4n) is 3.74. The molecule has 1 fully saturated rings. The van der Waals surface area contributed by atoms with Crippen LogP contribution < -0.4 is 18.9 Å². The van der Waals surface area contributed by atoms with E-state index in [2.05, 4.69) is 26.0 Å². The summed E-state index contributed by atoms with van der Waals surface area (Å²) in [6.07, 6.45) is 4.11. The number of hydrogen-bond donors (Lipinski definition) is 1. The molecule has 11 heteroatoms. The summed E-state index contributed by atoms with van der Waals surface area (Å²) < 4.78 is 24.4. The van der Waals surface area contributed by atoms with E-state index in [-0.39, 0.29) is 0 Å². The molecule has 1 aliphatic rings. The average molecular weight is 494 g/mol. The van der Waals surface area contributed by atoms with Crippen LogP contribution in [0, 0.1) is 0 Å². The van der Waals surface area contributed by atoms with Crippen molar-refractivity contribution in [3.05, 3.63) is 42.6 Å². The molecule has 0 bridgehead atoms. The van der Waals surface area contributed by atoms with E-state index in [4.69, 9.17) is 24.2 Å². The van der Waals surface area contributed by atoms with Gasteiger partial charge in [0.2, 0.25) is 5.88 Å². The average Bonchev–Trinajstić information content (AvgIpc) is 3.68. The SMILES string of the molecule is CCOc1cccc(-c2nc3ncc(NSN(C)C4CC4)nc3n2-c2c(OC)cccc2OC)n1. The first kappa shape index (κ1) is 23.2. The van der Waals surface area contributed by atoms with Gasteiger partial charge in [-0.2, -0.15) is 0 Å². The number of rotatable bonds is 10. The standard InChI is InChI=1S/C24H27N7O3S/c1-5-34-20-11-6-8-16(26-20)23-28-22-24(27-19(14-25-22)29-35-30(2)15-12-13-15)31(23)21-17(32-3)9-7-10-18(21)33-4/h6-11,14-15H,5,12-13H2,1-4H3,(H,27,29). The smallest absolute Gasteiger partial charge is 0.213 e. The molecule has 0 unspecified atom stereocenters. The Hall–Kier alpha value is -3.57. The lowest BCUT2D eigenvalue weighted by molar-refractivity contribution is 0.327. The van der Waals surface area contributed by atoms with Gasteiger partial charge in [-0.3, -0.25) is 9.29 Å². The molecule has 5 rings (SSSR count). The van der Waals surface area contributed by atoms with Gasteiger partial charge in [0, 0.05) is 24.2 Å². The second-order valence-corrected chi connectivity index (χ2v) is 8.91. The molecule has 1 aliphatic carbocycles. The van der Waals surface area contributed by atoms with Crippen LogP contribution in [0.25, 0.3) is 28.5 Å². The number of ether oxygens (including phenoxy) is 3. The number of aromatic nitrogens is 5. The van der Waals surface area contributed by atoms with Gasteiger partial charge in [-0.25, -0.2) is 24.2 Å². The van der Waals surface area contributed by atoms with Crippen LogP contribution >= 0.6 is 12.1 Å². The first-order valence-corrected chi connectivity index (χ1v) is 12.1. The van der Waals surface area contributed by atoms with Crippen molar-refractivity contribution in [3.8, 4) is 34.6 Å². The van der Waals surface area contributed by atoms with Gasteiger partial charge in [0.05, 0.1) is 27.0 Å². The van der Waals surface area contributed by atoms with Crippen LogP contribution in [-0.2, 0) is 0 Å². The molecule has 0 amide bonds. The van der Waals surface area contributed by atoms with Crippen molar-refractivity contribution in [1.82, 2.24) is 28.8 Å². The largest absolute Gasteiger partial charge is 0.494 e. The van der Waals surface area contributed by atoms with E-state index in [1.54, 1.807) is 20.4 Å². The van der Waals surface area contributed by atoms with Gasteiger partial charge in [0.25, 0.3) is 0 Å². The van der Waals surface area contributed by atoms with Crippen molar-refractivity contribution in [2.75, 3.05) is 32.6 Å². The Kier molecular flexibility index (Phi) is 6.60. The van der Waals surface area contributed by atoms with Crippen molar-refractivity contribution < 1.29 is 14.2 Å². The molecule has 1 saturated carbocycles. The highest BCUT2D eigenvalue weighted by Gasteiger charge is 2.27. The summed E-state index contributed by atoms with van der Waals surface area (Å²) in [5.41, 5.74) is 2.29. The normalized spacial score (nSPS) is 13.3. The van der Waals surface area contributed by atoms with E-state index >= 15 is 0 Å². The van der Waals surface area contributed by atoms with Crippen LogP contribution in [0.15, 0.2) is 42.6 Å². The first-order chi connectivity index (χ1) is 17.1. The molecular formula is C24H27N7O3S. The van der Waals surface area contributed by atoms with Gasteiger partial charge < -0.3 is 14.2 Å². The molecule has 0 aliphatic heterocycles. The summed E-state index contributed by atoms with van der Waals surface area (Å²) >= 11 is 1.51. The van der Waals surface area contributed by atoms with Crippen LogP contribution in [0.1, 0.15) is 19.8 Å². The van der Waals surface area contributed by atoms with E-state index in [9.17, 15) is 0 Å². The number of anilines is 1. The van der Waals surface area contributed by atoms with E-state index in [0.717, 1.165) is 0 Å². The number of benzene rings is 1. The molecular weight excluding hydrogens is 466 g/mol. The summed E-state index contributed by atoms with van der Waals surface area (Å²) in [6, 6.07) is 11.8. The van der Waals surface area contributed by atoms with Crippen LogP contribution in [-0.4, -0.2) is 62.7 Å². The highest BCUT2D eigenvalue weighted by atomic mass is 32.2. The summed E-state index contributed by atoms with van der Waals surface area (Å²) in [4.78, 5) is 18.9. The minimum Gasteiger partial charge on any atom is -0.494 e. The lowest BCUT2D eigenvalue weighted by atomic mass is 10.2. The quantitative estimate of drug-likeness (QED) is 0.321. The minimum atomic E-state index is 0.475. The lowest BCUT2D eigenvalue weighted by Crippen LogP contribution is -2.14. The predicted molar refractivity (Wildman–Crippen MR) is 136 cm³/mol. The Morgan fingerprint density at radius 3 is 2.49 bits per heavy atom. The Bertz CT molecular complexity index is 1320. The summed E-state index contributed by atoms with van der Waals surface area (Å²) in [5.74, 6) is 2.89.